The molecule has 0 saturated carbocycles. The number of carboxylic acids is 2. The summed E-state index contributed by atoms with van der Waals surface area (Å²) in [5.74, 6) is -2.92. The number of carbonyl (C=O) groups is 2. The van der Waals surface area contributed by atoms with E-state index in [0.29, 0.717) is 0 Å². The van der Waals surface area contributed by atoms with E-state index in [9.17, 15) is 24.9 Å². The van der Waals surface area contributed by atoms with Crippen molar-refractivity contribution in [2.24, 2.45) is 0 Å². The van der Waals surface area contributed by atoms with E-state index in [1.807, 2.05) is 0 Å². The molecular weight excluding hydrogens is 240 g/mol. The van der Waals surface area contributed by atoms with Crippen molar-refractivity contribution in [3.8, 4) is 0 Å². The summed E-state index contributed by atoms with van der Waals surface area (Å²) in [5, 5.41) is 45.0. The Bertz CT molecular complexity index is 303. The summed E-state index contributed by atoms with van der Waals surface area (Å²) in [4.78, 5) is 20.9. The number of hydrogen-bond acceptors (Lipinski definition) is 7. The third kappa shape index (κ3) is 3.11. The van der Waals surface area contributed by atoms with E-state index in [0.717, 1.165) is 0 Å². The highest BCUT2D eigenvalue weighted by molar-refractivity contribution is 5.73. The van der Waals surface area contributed by atoms with Gasteiger partial charge in [0.15, 0.2) is 12.4 Å². The molecule has 3 unspecified atom stereocenters. The molecule has 17 heavy (non-hydrogen) atoms. The van der Waals surface area contributed by atoms with Crippen molar-refractivity contribution < 1.29 is 44.6 Å². The van der Waals surface area contributed by atoms with Gasteiger partial charge in [-0.1, -0.05) is 0 Å². The van der Waals surface area contributed by atoms with E-state index in [-0.39, 0.29) is 0 Å². The predicted molar refractivity (Wildman–Crippen MR) is 47.9 cm³/mol. The highest BCUT2D eigenvalue weighted by Gasteiger charge is 2.47. The van der Waals surface area contributed by atoms with Crippen molar-refractivity contribution in [3.05, 3.63) is 0 Å². The summed E-state index contributed by atoms with van der Waals surface area (Å²) < 4.78 is 9.20. The average molecular weight is 252 g/mol. The van der Waals surface area contributed by atoms with Crippen LogP contribution in [0.3, 0.4) is 0 Å². The van der Waals surface area contributed by atoms with Crippen LogP contribution in [0.5, 0.6) is 0 Å². The molecule has 0 aromatic carbocycles. The molecule has 1 aliphatic heterocycles. The highest BCUT2D eigenvalue weighted by Crippen LogP contribution is 2.22. The van der Waals surface area contributed by atoms with Gasteiger partial charge in [0.25, 0.3) is 0 Å². The summed E-state index contributed by atoms with van der Waals surface area (Å²) in [5.41, 5.74) is 0. The zero-order chi connectivity index (χ0) is 13.2. The molecule has 0 spiro atoms. The van der Waals surface area contributed by atoms with Gasteiger partial charge in [-0.3, -0.25) is 0 Å². The van der Waals surface area contributed by atoms with Gasteiger partial charge in [-0.25, -0.2) is 9.59 Å². The van der Waals surface area contributed by atoms with Gasteiger partial charge in [0.2, 0.25) is 0 Å². The van der Waals surface area contributed by atoms with Gasteiger partial charge in [0.1, 0.15) is 24.9 Å². The Balaban J connectivity index is 2.71. The Morgan fingerprint density at radius 1 is 1.06 bits per heavy atom. The van der Waals surface area contributed by atoms with Crippen LogP contribution in [0.1, 0.15) is 0 Å². The zero-order valence-electron chi connectivity index (χ0n) is 8.46. The molecule has 9 nitrogen and oxygen atoms in total. The lowest BCUT2D eigenvalue weighted by molar-refractivity contribution is -0.293. The van der Waals surface area contributed by atoms with Crippen LogP contribution in [0.2, 0.25) is 0 Å². The van der Waals surface area contributed by atoms with Crippen LogP contribution in [-0.2, 0) is 19.1 Å². The topological polar surface area (TPSA) is 154 Å². The first kappa shape index (κ1) is 13.8. The monoisotopic (exact) mass is 252 g/mol. The van der Waals surface area contributed by atoms with Crippen LogP contribution in [0.4, 0.5) is 0 Å². The third-order valence-electron chi connectivity index (χ3n) is 2.18. The molecule has 0 radical (unpaired) electrons. The molecule has 1 heterocycles. The van der Waals surface area contributed by atoms with E-state index in [1.54, 1.807) is 0 Å². The Labute approximate surface area is 94.8 Å². The number of aliphatic hydroxyl groups excluding tert-OH is 3. The first-order valence-electron chi connectivity index (χ1n) is 4.60. The van der Waals surface area contributed by atoms with Crippen molar-refractivity contribution in [3.63, 3.8) is 0 Å². The minimum Gasteiger partial charge on any atom is -0.480 e. The molecule has 5 N–H and O–H groups in total. The van der Waals surface area contributed by atoms with E-state index >= 15 is 0 Å². The van der Waals surface area contributed by atoms with Gasteiger partial charge >= 0.3 is 11.9 Å². The number of aliphatic hydroxyl groups is 3. The van der Waals surface area contributed by atoms with Gasteiger partial charge < -0.3 is 35.0 Å². The number of ether oxygens (including phenoxy) is 2. The molecule has 98 valence electrons. The number of hydrogen-bond donors (Lipinski definition) is 5. The van der Waals surface area contributed by atoms with Gasteiger partial charge in [-0.05, 0) is 0 Å². The second-order valence-corrected chi connectivity index (χ2v) is 3.44. The minimum atomic E-state index is -1.83. The standard InChI is InChI=1S/C8H12O9/c9-2(10)1-16-8-5(13)3(11)4(12)6(17-8)7(14)15/h3-6,8,11-13H,1H2,(H,9,10)(H,14,15)/t3?,4-,5?,6?,8-/m0/s1. The van der Waals surface area contributed by atoms with Gasteiger partial charge in [-0.15, -0.1) is 0 Å². The summed E-state index contributed by atoms with van der Waals surface area (Å²) >= 11 is 0. The quantitative estimate of drug-likeness (QED) is 0.351. The largest absolute Gasteiger partial charge is 0.480 e. The van der Waals surface area contributed by atoms with E-state index in [1.165, 1.54) is 0 Å². The van der Waals surface area contributed by atoms with Gasteiger partial charge in [0, 0.05) is 0 Å². The number of rotatable bonds is 4. The van der Waals surface area contributed by atoms with Crippen LogP contribution >= 0.6 is 0 Å². The summed E-state index contributed by atoms with van der Waals surface area (Å²) in [6.45, 7) is -0.836. The maximum atomic E-state index is 10.7. The number of carboxylic acid groups (broad SMARTS) is 2. The Hall–Kier alpha value is -1.26. The highest BCUT2D eigenvalue weighted by atomic mass is 16.7. The predicted octanol–water partition coefficient (Wildman–Crippen LogP) is -3.02. The molecule has 0 bridgehead atoms. The van der Waals surface area contributed by atoms with Crippen molar-refractivity contribution >= 4 is 11.9 Å². The molecule has 5 atom stereocenters. The molecule has 0 aromatic rings. The normalized spacial score (nSPS) is 37.7. The Kier molecular flexibility index (Phi) is 4.37. The van der Waals surface area contributed by atoms with Crippen LogP contribution in [0.15, 0.2) is 0 Å². The molecule has 0 amide bonds. The van der Waals surface area contributed by atoms with E-state index < -0.39 is 49.3 Å². The molecular formula is C8H12O9. The van der Waals surface area contributed by atoms with Crippen LogP contribution < -0.4 is 0 Å². The fourth-order valence-corrected chi connectivity index (χ4v) is 1.34. The summed E-state index contributed by atoms with van der Waals surface area (Å²) in [6, 6.07) is 0. The molecule has 9 heteroatoms. The lowest BCUT2D eigenvalue weighted by Crippen LogP contribution is -2.60. The SMILES string of the molecule is O=C(O)CO[C@H]1OC(C(=O)O)[C@@H](O)C(O)C1O. The summed E-state index contributed by atoms with van der Waals surface area (Å²) in [7, 11) is 0. The number of aliphatic carboxylic acids is 2. The molecule has 0 aliphatic carbocycles. The van der Waals surface area contributed by atoms with Gasteiger partial charge in [-0.2, -0.15) is 0 Å². The molecule has 0 aromatic heterocycles. The maximum absolute atomic E-state index is 10.7. The van der Waals surface area contributed by atoms with E-state index in [4.69, 9.17) is 10.2 Å². The van der Waals surface area contributed by atoms with E-state index in [2.05, 4.69) is 9.47 Å². The average Bonchev–Trinajstić information content (AvgIpc) is 2.24. The van der Waals surface area contributed by atoms with Crippen LogP contribution in [-0.4, -0.2) is 74.8 Å². The molecule has 1 fully saturated rings. The third-order valence-corrected chi connectivity index (χ3v) is 2.18. The van der Waals surface area contributed by atoms with Crippen molar-refractivity contribution in [1.82, 2.24) is 0 Å². The fraction of sp³-hybridized carbons (Fsp3) is 0.750. The molecule has 1 saturated heterocycles. The first-order valence-corrected chi connectivity index (χ1v) is 4.60. The Morgan fingerprint density at radius 3 is 2.12 bits per heavy atom. The fourth-order valence-electron chi connectivity index (χ4n) is 1.34. The lowest BCUT2D eigenvalue weighted by Gasteiger charge is -2.38. The Morgan fingerprint density at radius 2 is 1.65 bits per heavy atom. The second kappa shape index (κ2) is 5.38. The van der Waals surface area contributed by atoms with Crippen LogP contribution in [0, 0.1) is 0 Å². The zero-order valence-corrected chi connectivity index (χ0v) is 8.46. The van der Waals surface area contributed by atoms with Crippen molar-refractivity contribution in [2.45, 2.75) is 30.7 Å². The lowest BCUT2D eigenvalue weighted by atomic mass is 9.99. The summed E-state index contributed by atoms with van der Waals surface area (Å²) in [6.07, 6.45) is -8.80. The van der Waals surface area contributed by atoms with Crippen LogP contribution in [0.25, 0.3) is 0 Å². The molecule has 1 rings (SSSR count). The van der Waals surface area contributed by atoms with Crippen molar-refractivity contribution in [1.29, 1.82) is 0 Å². The first-order chi connectivity index (χ1) is 7.84. The van der Waals surface area contributed by atoms with Gasteiger partial charge in [0.05, 0.1) is 0 Å². The smallest absolute Gasteiger partial charge is 0.335 e. The maximum Gasteiger partial charge on any atom is 0.335 e. The minimum absolute atomic E-state index is 0.836. The molecule has 1 aliphatic rings. The second-order valence-electron chi connectivity index (χ2n) is 3.44. The van der Waals surface area contributed by atoms with Crippen molar-refractivity contribution in [2.75, 3.05) is 6.61 Å².